The molecule has 0 fully saturated rings. The van der Waals surface area contributed by atoms with Crippen molar-refractivity contribution in [3.8, 4) is 5.75 Å². The van der Waals surface area contributed by atoms with E-state index < -0.39 is 0 Å². The summed E-state index contributed by atoms with van der Waals surface area (Å²) in [5.41, 5.74) is 0.908. The number of ether oxygens (including phenoxy) is 1. The molecule has 0 aliphatic carbocycles. The molecule has 1 heterocycles. The Morgan fingerprint density at radius 2 is 1.93 bits per heavy atom. The fourth-order valence-corrected chi connectivity index (χ4v) is 3.33. The molecule has 0 saturated heterocycles. The minimum atomic E-state index is -0.234. The van der Waals surface area contributed by atoms with E-state index in [9.17, 15) is 9.59 Å². The maximum absolute atomic E-state index is 12.8. The van der Waals surface area contributed by atoms with Gasteiger partial charge in [0.15, 0.2) is 0 Å². The van der Waals surface area contributed by atoms with Gasteiger partial charge < -0.3 is 15.0 Å². The lowest BCUT2D eigenvalue weighted by Crippen LogP contribution is -2.31. The maximum atomic E-state index is 12.8. The number of hydrogen-bond donors (Lipinski definition) is 1. The van der Waals surface area contributed by atoms with Crippen molar-refractivity contribution in [2.75, 3.05) is 25.5 Å². The van der Waals surface area contributed by atoms with E-state index in [4.69, 9.17) is 16.3 Å². The Hall–Kier alpha value is -2.83. The smallest absolute Gasteiger partial charge is 0.265 e. The fourth-order valence-electron chi connectivity index (χ4n) is 2.53. The lowest BCUT2D eigenvalue weighted by molar-refractivity contribution is 0.0775. The molecule has 3 aromatic rings. The zero-order chi connectivity index (χ0) is 19.9. The first kappa shape index (κ1) is 19.9. The average molecular weight is 415 g/mol. The molecular formula is C21H19ClN2O3S. The van der Waals surface area contributed by atoms with Crippen molar-refractivity contribution < 1.29 is 14.3 Å². The third-order valence-electron chi connectivity index (χ3n) is 3.99. The van der Waals surface area contributed by atoms with Crippen LogP contribution in [0.2, 0.25) is 5.02 Å². The van der Waals surface area contributed by atoms with E-state index in [0.29, 0.717) is 40.1 Å². The van der Waals surface area contributed by atoms with Crippen LogP contribution in [0.25, 0.3) is 0 Å². The van der Waals surface area contributed by atoms with Gasteiger partial charge >= 0.3 is 0 Å². The van der Waals surface area contributed by atoms with Crippen LogP contribution in [0.1, 0.15) is 20.0 Å². The molecule has 0 spiro atoms. The third kappa shape index (κ3) is 5.12. The summed E-state index contributed by atoms with van der Waals surface area (Å²) < 4.78 is 5.64. The zero-order valence-corrected chi connectivity index (χ0v) is 16.8. The molecule has 2 amide bonds. The molecule has 0 aliphatic rings. The molecule has 0 atom stereocenters. The number of thiophene rings is 1. The van der Waals surface area contributed by atoms with Gasteiger partial charge in [-0.2, -0.15) is 0 Å². The molecule has 144 valence electrons. The summed E-state index contributed by atoms with van der Waals surface area (Å²) in [5.74, 6) is 0.218. The van der Waals surface area contributed by atoms with E-state index in [0.717, 1.165) is 0 Å². The normalized spacial score (nSPS) is 10.4. The van der Waals surface area contributed by atoms with Crippen LogP contribution in [-0.2, 0) is 0 Å². The first-order valence-corrected chi connectivity index (χ1v) is 9.88. The molecule has 1 N–H and O–H groups in total. The molecule has 0 aliphatic heterocycles. The molecule has 1 aromatic heterocycles. The number of hydrogen-bond acceptors (Lipinski definition) is 4. The monoisotopic (exact) mass is 414 g/mol. The number of rotatable bonds is 7. The largest absolute Gasteiger partial charge is 0.492 e. The Kier molecular flexibility index (Phi) is 6.68. The fraction of sp³-hybridized carbons (Fsp3) is 0.143. The predicted molar refractivity (Wildman–Crippen MR) is 113 cm³/mol. The van der Waals surface area contributed by atoms with Crippen molar-refractivity contribution in [1.29, 1.82) is 0 Å². The van der Waals surface area contributed by atoms with Crippen molar-refractivity contribution >= 4 is 40.4 Å². The van der Waals surface area contributed by atoms with Crippen LogP contribution in [0.5, 0.6) is 5.75 Å². The van der Waals surface area contributed by atoms with E-state index in [1.54, 1.807) is 60.5 Å². The Morgan fingerprint density at radius 3 is 2.68 bits per heavy atom. The summed E-state index contributed by atoms with van der Waals surface area (Å²) in [5, 5.41) is 5.24. The van der Waals surface area contributed by atoms with Crippen LogP contribution in [-0.4, -0.2) is 36.9 Å². The van der Waals surface area contributed by atoms with E-state index in [1.807, 2.05) is 17.5 Å². The number of likely N-dealkylation sites (N-methyl/N-ethyl adjacent to an activating group) is 1. The van der Waals surface area contributed by atoms with Gasteiger partial charge in [0.05, 0.1) is 22.7 Å². The first-order chi connectivity index (χ1) is 13.5. The second kappa shape index (κ2) is 9.39. The van der Waals surface area contributed by atoms with Crippen molar-refractivity contribution in [3.63, 3.8) is 0 Å². The highest BCUT2D eigenvalue weighted by molar-refractivity contribution is 7.12. The lowest BCUT2D eigenvalue weighted by Gasteiger charge is -2.19. The van der Waals surface area contributed by atoms with Gasteiger partial charge in [0.25, 0.3) is 11.8 Å². The molecule has 0 bridgehead atoms. The van der Waals surface area contributed by atoms with Crippen molar-refractivity contribution in [1.82, 2.24) is 4.90 Å². The molecule has 0 saturated carbocycles. The van der Waals surface area contributed by atoms with Gasteiger partial charge in [-0.25, -0.2) is 0 Å². The number of amides is 2. The van der Waals surface area contributed by atoms with Crippen LogP contribution in [0.4, 0.5) is 5.69 Å². The molecule has 0 unspecified atom stereocenters. The predicted octanol–water partition coefficient (Wildman–Crippen LogP) is 4.80. The Morgan fingerprint density at radius 1 is 1.11 bits per heavy atom. The highest BCUT2D eigenvalue weighted by Gasteiger charge is 2.17. The zero-order valence-electron chi connectivity index (χ0n) is 15.2. The van der Waals surface area contributed by atoms with Crippen LogP contribution >= 0.6 is 22.9 Å². The summed E-state index contributed by atoms with van der Waals surface area (Å²) in [6, 6.07) is 17.6. The summed E-state index contributed by atoms with van der Waals surface area (Å²) >= 11 is 7.28. The summed E-state index contributed by atoms with van der Waals surface area (Å²) in [4.78, 5) is 27.3. The number of benzene rings is 2. The highest BCUT2D eigenvalue weighted by Crippen LogP contribution is 2.20. The number of anilines is 1. The van der Waals surface area contributed by atoms with Gasteiger partial charge in [-0.1, -0.05) is 35.9 Å². The molecular weight excluding hydrogens is 396 g/mol. The molecule has 2 aromatic carbocycles. The molecule has 28 heavy (non-hydrogen) atoms. The molecule has 7 heteroatoms. The van der Waals surface area contributed by atoms with Crippen LogP contribution in [0.3, 0.4) is 0 Å². The first-order valence-electron chi connectivity index (χ1n) is 8.62. The second-order valence-electron chi connectivity index (χ2n) is 6.01. The van der Waals surface area contributed by atoms with Crippen molar-refractivity contribution in [3.05, 3.63) is 81.5 Å². The average Bonchev–Trinajstić information content (AvgIpc) is 3.23. The third-order valence-corrected chi connectivity index (χ3v) is 5.09. The van der Waals surface area contributed by atoms with Crippen LogP contribution < -0.4 is 10.1 Å². The summed E-state index contributed by atoms with van der Waals surface area (Å²) in [6.07, 6.45) is 0. The highest BCUT2D eigenvalue weighted by atomic mass is 35.5. The number of halogens is 1. The Bertz CT molecular complexity index is 960. The van der Waals surface area contributed by atoms with Gasteiger partial charge in [-0.05, 0) is 41.8 Å². The van der Waals surface area contributed by atoms with Gasteiger partial charge in [0.2, 0.25) is 0 Å². The van der Waals surface area contributed by atoms with E-state index >= 15 is 0 Å². The Balaban J connectivity index is 1.62. The van der Waals surface area contributed by atoms with Gasteiger partial charge in [0.1, 0.15) is 12.4 Å². The van der Waals surface area contributed by atoms with Gasteiger partial charge in [0, 0.05) is 12.1 Å². The van der Waals surface area contributed by atoms with Crippen LogP contribution in [0, 0.1) is 0 Å². The van der Waals surface area contributed by atoms with E-state index in [-0.39, 0.29) is 11.8 Å². The summed E-state index contributed by atoms with van der Waals surface area (Å²) in [7, 11) is 1.70. The minimum absolute atomic E-state index is 0.197. The van der Waals surface area contributed by atoms with Gasteiger partial charge in [-0.15, -0.1) is 11.3 Å². The van der Waals surface area contributed by atoms with E-state index in [2.05, 4.69) is 5.32 Å². The number of para-hydroxylation sites is 1. The standard InChI is InChI=1S/C21H19ClN2O3S/c1-24(11-12-27-16-7-4-6-15(22)14-16)21(26)17-8-2-3-9-18(17)23-20(25)19-10-5-13-28-19/h2-10,13-14H,11-12H2,1H3,(H,23,25). The van der Waals surface area contributed by atoms with Crippen molar-refractivity contribution in [2.24, 2.45) is 0 Å². The molecule has 0 radical (unpaired) electrons. The lowest BCUT2D eigenvalue weighted by atomic mass is 10.1. The van der Waals surface area contributed by atoms with Crippen molar-refractivity contribution in [2.45, 2.75) is 0 Å². The van der Waals surface area contributed by atoms with Gasteiger partial charge in [-0.3, -0.25) is 9.59 Å². The van der Waals surface area contributed by atoms with Crippen LogP contribution in [0.15, 0.2) is 66.0 Å². The number of carbonyl (C=O) groups excluding carboxylic acids is 2. The number of nitrogens with one attached hydrogen (secondary N) is 1. The SMILES string of the molecule is CN(CCOc1cccc(Cl)c1)C(=O)c1ccccc1NC(=O)c1cccs1. The Labute approximate surface area is 172 Å². The molecule has 3 rings (SSSR count). The maximum Gasteiger partial charge on any atom is 0.265 e. The topological polar surface area (TPSA) is 58.6 Å². The molecule has 5 nitrogen and oxygen atoms in total. The second-order valence-corrected chi connectivity index (χ2v) is 7.39. The quantitative estimate of drug-likeness (QED) is 0.603. The number of nitrogens with zero attached hydrogens (tertiary/aromatic N) is 1. The number of carbonyl (C=O) groups is 2. The van der Waals surface area contributed by atoms with E-state index in [1.165, 1.54) is 11.3 Å². The minimum Gasteiger partial charge on any atom is -0.492 e. The summed E-state index contributed by atoms with van der Waals surface area (Å²) in [6.45, 7) is 0.713.